The lowest BCUT2D eigenvalue weighted by molar-refractivity contribution is 0.277. The molecule has 0 aromatic carbocycles. The number of aromatic nitrogens is 7. The summed E-state index contributed by atoms with van der Waals surface area (Å²) in [6, 6.07) is 1.91. The Morgan fingerprint density at radius 2 is 2.14 bits per heavy atom. The summed E-state index contributed by atoms with van der Waals surface area (Å²) in [5, 5.41) is 15.9. The van der Waals surface area contributed by atoms with E-state index < -0.39 is 0 Å². The zero-order chi connectivity index (χ0) is 18.9. The van der Waals surface area contributed by atoms with Crippen LogP contribution in [0.2, 0.25) is 0 Å². The second-order valence-electron chi connectivity index (χ2n) is 6.08. The summed E-state index contributed by atoms with van der Waals surface area (Å²) < 4.78 is 3.60. The third kappa shape index (κ3) is 2.81. The maximum absolute atomic E-state index is 9.17. The smallest absolute Gasteiger partial charge is 0.208 e. The van der Waals surface area contributed by atoms with Crippen LogP contribution in [0.3, 0.4) is 0 Å². The Hall–Kier alpha value is -3.93. The van der Waals surface area contributed by atoms with Gasteiger partial charge in [0, 0.05) is 25.1 Å². The van der Waals surface area contributed by atoms with Gasteiger partial charge in [-0.3, -0.25) is 5.01 Å². The van der Waals surface area contributed by atoms with Crippen molar-refractivity contribution < 1.29 is 5.11 Å². The molecule has 4 aromatic rings. The van der Waals surface area contributed by atoms with Gasteiger partial charge in [-0.2, -0.15) is 0 Å². The van der Waals surface area contributed by atoms with Crippen LogP contribution in [0.1, 0.15) is 0 Å². The van der Waals surface area contributed by atoms with Gasteiger partial charge in [-0.15, -0.1) is 0 Å². The van der Waals surface area contributed by atoms with Crippen LogP contribution in [0.25, 0.3) is 17.2 Å². The molecule has 4 N–H and O–H groups in total. The molecular formula is C16H17N11O. The average Bonchev–Trinajstić information content (AvgIpc) is 3.43. The van der Waals surface area contributed by atoms with Crippen LogP contribution >= 0.6 is 0 Å². The molecule has 0 saturated heterocycles. The number of fused-ring (bicyclic) bond motifs is 2. The minimum absolute atomic E-state index is 0.0277. The molecule has 1 aliphatic rings. The van der Waals surface area contributed by atoms with E-state index in [2.05, 4.69) is 40.8 Å². The van der Waals surface area contributed by atoms with Gasteiger partial charge in [0.05, 0.1) is 24.5 Å². The maximum atomic E-state index is 9.17. The molecule has 4 aromatic heterocycles. The summed E-state index contributed by atoms with van der Waals surface area (Å²) in [7, 11) is 0. The zero-order valence-electron chi connectivity index (χ0n) is 14.7. The fourth-order valence-corrected chi connectivity index (χ4v) is 3.02. The number of nitrogens with zero attached hydrogens (tertiary/aromatic N) is 8. The van der Waals surface area contributed by atoms with E-state index in [0.29, 0.717) is 36.1 Å². The summed E-state index contributed by atoms with van der Waals surface area (Å²) >= 11 is 0. The molecule has 0 fully saturated rings. The van der Waals surface area contributed by atoms with Crippen molar-refractivity contribution in [2.75, 3.05) is 24.1 Å². The van der Waals surface area contributed by atoms with Crippen LogP contribution in [0.4, 0.5) is 11.8 Å². The molecule has 0 unspecified atom stereocenters. The molecule has 5 heterocycles. The molecule has 0 aliphatic carbocycles. The molecule has 0 amide bonds. The molecule has 0 saturated carbocycles. The fourth-order valence-electron chi connectivity index (χ4n) is 3.02. The maximum Gasteiger partial charge on any atom is 0.208 e. The van der Waals surface area contributed by atoms with Crippen molar-refractivity contribution >= 4 is 29.0 Å². The summed E-state index contributed by atoms with van der Waals surface area (Å²) in [6.07, 6.45) is 10.3. The Morgan fingerprint density at radius 3 is 3.07 bits per heavy atom. The van der Waals surface area contributed by atoms with Crippen LogP contribution in [0, 0.1) is 0 Å². The molecule has 12 heteroatoms. The van der Waals surface area contributed by atoms with E-state index in [1.807, 2.05) is 28.0 Å². The third-order valence-electron chi connectivity index (χ3n) is 4.31. The highest BCUT2D eigenvalue weighted by Crippen LogP contribution is 2.22. The number of aliphatic hydroxyl groups excluding tert-OH is 1. The van der Waals surface area contributed by atoms with E-state index in [1.54, 1.807) is 23.4 Å². The Balaban J connectivity index is 1.43. The van der Waals surface area contributed by atoms with Crippen molar-refractivity contribution in [2.45, 2.75) is 6.54 Å². The molecule has 1 aliphatic heterocycles. The van der Waals surface area contributed by atoms with Gasteiger partial charge in [-0.25, -0.2) is 35.1 Å². The van der Waals surface area contributed by atoms with Crippen molar-refractivity contribution in [3.63, 3.8) is 0 Å². The SMILES string of the molecule is OCCn1ccnc1Nc1ncnc2c1ccn2NN1C=c2[nH]cnc2=NC1. The normalized spacial score (nSPS) is 13.1. The van der Waals surface area contributed by atoms with Crippen LogP contribution in [0.5, 0.6) is 0 Å². The monoisotopic (exact) mass is 379 g/mol. The number of hydrogen-bond acceptors (Lipinski definition) is 9. The molecule has 0 bridgehead atoms. The molecule has 12 nitrogen and oxygen atoms in total. The van der Waals surface area contributed by atoms with Gasteiger partial charge in [0.1, 0.15) is 24.2 Å². The van der Waals surface area contributed by atoms with Gasteiger partial charge in [0.25, 0.3) is 0 Å². The summed E-state index contributed by atoms with van der Waals surface area (Å²) in [6.45, 7) is 0.898. The first-order valence-electron chi connectivity index (χ1n) is 8.62. The highest BCUT2D eigenvalue weighted by molar-refractivity contribution is 5.88. The topological polar surface area (TPSA) is 137 Å². The minimum atomic E-state index is 0.0277. The first kappa shape index (κ1) is 16.3. The van der Waals surface area contributed by atoms with E-state index in [4.69, 9.17) is 0 Å². The highest BCUT2D eigenvalue weighted by Gasteiger charge is 2.13. The minimum Gasteiger partial charge on any atom is -0.395 e. The van der Waals surface area contributed by atoms with Gasteiger partial charge in [0.2, 0.25) is 5.95 Å². The quantitative estimate of drug-likeness (QED) is 0.331. The fraction of sp³-hybridized carbons (Fsp3) is 0.188. The summed E-state index contributed by atoms with van der Waals surface area (Å²) in [5.41, 5.74) is 4.63. The molecule has 28 heavy (non-hydrogen) atoms. The van der Waals surface area contributed by atoms with E-state index in [1.165, 1.54) is 6.33 Å². The number of rotatable bonds is 6. The number of H-pyrrole nitrogens is 1. The second kappa shape index (κ2) is 6.66. The predicted molar refractivity (Wildman–Crippen MR) is 100 cm³/mol. The van der Waals surface area contributed by atoms with Gasteiger partial charge >= 0.3 is 0 Å². The zero-order valence-corrected chi connectivity index (χ0v) is 14.7. The number of hydrogen-bond donors (Lipinski definition) is 4. The lowest BCUT2D eigenvalue weighted by Gasteiger charge is -2.22. The Bertz CT molecular complexity index is 1240. The second-order valence-corrected chi connectivity index (χ2v) is 6.08. The Labute approximate surface area is 157 Å². The van der Waals surface area contributed by atoms with Gasteiger partial charge in [0.15, 0.2) is 11.1 Å². The highest BCUT2D eigenvalue weighted by atomic mass is 16.3. The number of nitrogens with one attached hydrogen (secondary N) is 3. The van der Waals surface area contributed by atoms with Gasteiger partial charge < -0.3 is 20.0 Å². The lowest BCUT2D eigenvalue weighted by atomic mass is 10.4. The van der Waals surface area contributed by atoms with E-state index in [0.717, 1.165) is 10.7 Å². The molecule has 0 radical (unpaired) electrons. The summed E-state index contributed by atoms with van der Waals surface area (Å²) in [4.78, 5) is 24.6. The summed E-state index contributed by atoms with van der Waals surface area (Å²) in [5.74, 6) is 1.23. The first-order valence-corrected chi connectivity index (χ1v) is 8.62. The number of aromatic amines is 1. The lowest BCUT2D eigenvalue weighted by Crippen LogP contribution is -2.41. The van der Waals surface area contributed by atoms with E-state index in [9.17, 15) is 5.11 Å². The standard InChI is InChI=1S/C16H17N11O/c28-6-5-25-4-2-17-16(25)23-13-11-1-3-27(15(11)21-9-19-13)24-26-7-12-14(22-10-26)20-8-18-12/h1-4,7-9,24,28H,5-6,10H2,(H,18,20,22)(H,17,19,21,23). The number of anilines is 2. The van der Waals surface area contributed by atoms with Crippen molar-refractivity contribution in [2.24, 2.45) is 4.99 Å². The first-order chi connectivity index (χ1) is 13.8. The van der Waals surface area contributed by atoms with Crippen molar-refractivity contribution in [1.29, 1.82) is 0 Å². The van der Waals surface area contributed by atoms with Crippen molar-refractivity contribution in [3.05, 3.63) is 48.1 Å². The Morgan fingerprint density at radius 1 is 1.18 bits per heavy atom. The predicted octanol–water partition coefficient (Wildman–Crippen LogP) is -1.12. The number of imidazole rings is 2. The van der Waals surface area contributed by atoms with E-state index >= 15 is 0 Å². The largest absolute Gasteiger partial charge is 0.395 e. The molecule has 0 atom stereocenters. The number of aliphatic hydroxyl groups is 1. The van der Waals surface area contributed by atoms with Crippen LogP contribution in [-0.4, -0.2) is 57.6 Å². The van der Waals surface area contributed by atoms with Gasteiger partial charge in [-0.1, -0.05) is 0 Å². The van der Waals surface area contributed by atoms with E-state index in [-0.39, 0.29) is 6.61 Å². The van der Waals surface area contributed by atoms with Crippen molar-refractivity contribution in [1.82, 2.24) is 39.2 Å². The Kier molecular flexibility index (Phi) is 3.87. The average molecular weight is 379 g/mol. The molecular weight excluding hydrogens is 362 g/mol. The molecule has 5 rings (SSSR count). The number of hydrazine groups is 1. The van der Waals surface area contributed by atoms with Crippen LogP contribution < -0.4 is 21.7 Å². The van der Waals surface area contributed by atoms with Crippen molar-refractivity contribution in [3.8, 4) is 0 Å². The third-order valence-corrected chi connectivity index (χ3v) is 4.31. The van der Waals surface area contributed by atoms with Crippen LogP contribution in [0.15, 0.2) is 42.3 Å². The van der Waals surface area contributed by atoms with Crippen LogP contribution in [-0.2, 0) is 6.54 Å². The van der Waals surface area contributed by atoms with Gasteiger partial charge in [-0.05, 0) is 6.07 Å². The molecule has 142 valence electrons. The molecule has 0 spiro atoms.